The van der Waals surface area contributed by atoms with Gasteiger partial charge in [-0.25, -0.2) is 0 Å². The van der Waals surface area contributed by atoms with Crippen LogP contribution in [0.3, 0.4) is 0 Å². The molecule has 18 heavy (non-hydrogen) atoms. The number of rotatable bonds is 2. The second-order valence-electron chi connectivity index (χ2n) is 3.91. The lowest BCUT2D eigenvalue weighted by atomic mass is 10.0. The monoisotopic (exact) mass is 299 g/mol. The number of hydrogen-bond acceptors (Lipinski definition) is 2. The van der Waals surface area contributed by atoms with Crippen molar-refractivity contribution in [3.8, 4) is 22.5 Å². The molecule has 3 aromatic rings. The fraction of sp³-hybridized carbons (Fsp3) is 0. The van der Waals surface area contributed by atoms with Gasteiger partial charge in [-0.15, -0.1) is 0 Å². The molecule has 0 unspecified atom stereocenters. The molecule has 1 heterocycles. The van der Waals surface area contributed by atoms with Gasteiger partial charge in [0.05, 0.1) is 5.56 Å². The van der Waals surface area contributed by atoms with E-state index in [1.165, 1.54) is 0 Å². The summed E-state index contributed by atoms with van der Waals surface area (Å²) in [5.41, 5.74) is 3.10. The Balaban J connectivity index is 2.19. The molecule has 0 N–H and O–H groups in total. The molecule has 0 bridgehead atoms. The van der Waals surface area contributed by atoms with Gasteiger partial charge < -0.3 is 4.52 Å². The fourth-order valence-electron chi connectivity index (χ4n) is 1.91. The van der Waals surface area contributed by atoms with Crippen LogP contribution in [-0.2, 0) is 0 Å². The third-order valence-corrected chi connectivity index (χ3v) is 3.29. The van der Waals surface area contributed by atoms with E-state index in [4.69, 9.17) is 4.52 Å². The molecule has 3 heteroatoms. The SMILES string of the molecule is Brc1noc(-c2ccccc2)c1-c1ccccc1. The van der Waals surface area contributed by atoms with Crippen molar-refractivity contribution in [1.29, 1.82) is 0 Å². The summed E-state index contributed by atoms with van der Waals surface area (Å²) in [5.74, 6) is 0.786. The van der Waals surface area contributed by atoms with E-state index in [2.05, 4.69) is 21.1 Å². The van der Waals surface area contributed by atoms with Gasteiger partial charge in [0.15, 0.2) is 10.4 Å². The maximum atomic E-state index is 5.44. The van der Waals surface area contributed by atoms with Crippen LogP contribution >= 0.6 is 15.9 Å². The number of benzene rings is 2. The van der Waals surface area contributed by atoms with Crippen LogP contribution in [0.1, 0.15) is 0 Å². The van der Waals surface area contributed by atoms with Crippen LogP contribution in [0.5, 0.6) is 0 Å². The topological polar surface area (TPSA) is 26.0 Å². The van der Waals surface area contributed by atoms with E-state index in [9.17, 15) is 0 Å². The summed E-state index contributed by atoms with van der Waals surface area (Å²) in [4.78, 5) is 0. The predicted molar refractivity (Wildman–Crippen MR) is 75.1 cm³/mol. The average Bonchev–Trinajstić information content (AvgIpc) is 2.83. The summed E-state index contributed by atoms with van der Waals surface area (Å²) >= 11 is 3.45. The van der Waals surface area contributed by atoms with Crippen LogP contribution in [0.2, 0.25) is 0 Å². The smallest absolute Gasteiger partial charge is 0.175 e. The van der Waals surface area contributed by atoms with Crippen LogP contribution in [0.15, 0.2) is 69.8 Å². The standard InChI is InChI=1S/C15H10BrNO/c16-15-13(11-7-3-1-4-8-11)14(18-17-15)12-9-5-2-6-10-12/h1-10H. The van der Waals surface area contributed by atoms with Gasteiger partial charge in [-0.3, -0.25) is 0 Å². The van der Waals surface area contributed by atoms with Gasteiger partial charge in [-0.05, 0) is 21.5 Å². The largest absolute Gasteiger partial charge is 0.354 e. The highest BCUT2D eigenvalue weighted by molar-refractivity contribution is 9.10. The number of halogens is 1. The second kappa shape index (κ2) is 4.78. The molecular weight excluding hydrogens is 290 g/mol. The molecule has 3 rings (SSSR count). The molecule has 0 amide bonds. The minimum atomic E-state index is 0.729. The average molecular weight is 300 g/mol. The molecule has 0 fully saturated rings. The van der Waals surface area contributed by atoms with Crippen molar-refractivity contribution >= 4 is 15.9 Å². The fourth-order valence-corrected chi connectivity index (χ4v) is 2.39. The van der Waals surface area contributed by atoms with Gasteiger partial charge in [0, 0.05) is 5.56 Å². The van der Waals surface area contributed by atoms with Crippen molar-refractivity contribution in [3.05, 3.63) is 65.3 Å². The van der Waals surface area contributed by atoms with Crippen LogP contribution in [0.4, 0.5) is 0 Å². The van der Waals surface area contributed by atoms with Gasteiger partial charge >= 0.3 is 0 Å². The Morgan fingerprint density at radius 2 is 1.33 bits per heavy atom. The summed E-state index contributed by atoms with van der Waals surface area (Å²) < 4.78 is 6.17. The highest BCUT2D eigenvalue weighted by atomic mass is 79.9. The molecule has 0 radical (unpaired) electrons. The molecule has 0 saturated carbocycles. The Morgan fingerprint density at radius 1 is 0.778 bits per heavy atom. The van der Waals surface area contributed by atoms with E-state index in [1.807, 2.05) is 60.7 Å². The zero-order valence-corrected chi connectivity index (χ0v) is 11.1. The van der Waals surface area contributed by atoms with Crippen molar-refractivity contribution in [2.24, 2.45) is 0 Å². The molecule has 0 spiro atoms. The Bertz CT molecular complexity index is 647. The van der Waals surface area contributed by atoms with E-state index in [1.54, 1.807) is 0 Å². The summed E-state index contributed by atoms with van der Waals surface area (Å²) in [5, 5.41) is 4.01. The maximum Gasteiger partial charge on any atom is 0.175 e. The highest BCUT2D eigenvalue weighted by Gasteiger charge is 2.17. The van der Waals surface area contributed by atoms with Crippen molar-refractivity contribution in [2.45, 2.75) is 0 Å². The van der Waals surface area contributed by atoms with Gasteiger partial charge in [-0.2, -0.15) is 0 Å². The van der Waals surface area contributed by atoms with Crippen LogP contribution in [-0.4, -0.2) is 5.16 Å². The Kier molecular flexibility index (Phi) is 2.99. The predicted octanol–water partition coefficient (Wildman–Crippen LogP) is 4.77. The van der Waals surface area contributed by atoms with Crippen LogP contribution < -0.4 is 0 Å². The summed E-state index contributed by atoms with van der Waals surface area (Å²) in [7, 11) is 0. The van der Waals surface area contributed by atoms with Crippen molar-refractivity contribution < 1.29 is 4.52 Å². The first kappa shape index (κ1) is 11.2. The first-order valence-electron chi connectivity index (χ1n) is 5.62. The van der Waals surface area contributed by atoms with E-state index < -0.39 is 0 Å². The minimum Gasteiger partial charge on any atom is -0.354 e. The minimum absolute atomic E-state index is 0.729. The molecule has 88 valence electrons. The summed E-state index contributed by atoms with van der Waals surface area (Å²) in [6, 6.07) is 20.1. The molecule has 0 aliphatic carbocycles. The van der Waals surface area contributed by atoms with Crippen molar-refractivity contribution in [2.75, 3.05) is 0 Å². The maximum absolute atomic E-state index is 5.44. The highest BCUT2D eigenvalue weighted by Crippen LogP contribution is 2.37. The molecule has 0 aliphatic heterocycles. The van der Waals surface area contributed by atoms with Crippen molar-refractivity contribution in [1.82, 2.24) is 5.16 Å². The molecule has 0 atom stereocenters. The molecular formula is C15H10BrNO. The van der Waals surface area contributed by atoms with Gasteiger partial charge in [0.2, 0.25) is 0 Å². The third-order valence-electron chi connectivity index (χ3n) is 2.75. The number of hydrogen-bond donors (Lipinski definition) is 0. The number of nitrogens with zero attached hydrogens (tertiary/aromatic N) is 1. The molecule has 2 aromatic carbocycles. The van der Waals surface area contributed by atoms with Gasteiger partial charge in [0.25, 0.3) is 0 Å². The zero-order valence-electron chi connectivity index (χ0n) is 9.51. The molecule has 0 aliphatic rings. The third kappa shape index (κ3) is 1.97. The quantitative estimate of drug-likeness (QED) is 0.681. The van der Waals surface area contributed by atoms with E-state index >= 15 is 0 Å². The van der Waals surface area contributed by atoms with Crippen molar-refractivity contribution in [3.63, 3.8) is 0 Å². The summed E-state index contributed by atoms with van der Waals surface area (Å²) in [6.45, 7) is 0. The number of aromatic nitrogens is 1. The first-order valence-corrected chi connectivity index (χ1v) is 6.41. The van der Waals surface area contributed by atoms with Gasteiger partial charge in [-0.1, -0.05) is 65.8 Å². The summed E-state index contributed by atoms with van der Waals surface area (Å²) in [6.07, 6.45) is 0. The molecule has 2 nitrogen and oxygen atoms in total. The Hall–Kier alpha value is -1.87. The lowest BCUT2D eigenvalue weighted by Gasteiger charge is -2.01. The van der Waals surface area contributed by atoms with Crippen LogP contribution in [0.25, 0.3) is 22.5 Å². The van der Waals surface area contributed by atoms with E-state index in [0.29, 0.717) is 0 Å². The Morgan fingerprint density at radius 3 is 1.94 bits per heavy atom. The molecule has 1 aromatic heterocycles. The van der Waals surface area contributed by atoms with Crippen LogP contribution in [0, 0.1) is 0 Å². The molecule has 0 saturated heterocycles. The first-order chi connectivity index (χ1) is 8.86. The second-order valence-corrected chi connectivity index (χ2v) is 4.66. The lowest BCUT2D eigenvalue weighted by molar-refractivity contribution is 0.428. The Labute approximate surface area is 113 Å². The lowest BCUT2D eigenvalue weighted by Crippen LogP contribution is -1.80. The zero-order chi connectivity index (χ0) is 12.4. The van der Waals surface area contributed by atoms with E-state index in [0.717, 1.165) is 27.1 Å². The van der Waals surface area contributed by atoms with Gasteiger partial charge in [0.1, 0.15) is 0 Å². The normalized spacial score (nSPS) is 10.5. The van der Waals surface area contributed by atoms with E-state index in [-0.39, 0.29) is 0 Å².